The molecule has 0 aromatic heterocycles. The molecule has 0 aliphatic carbocycles. The molecule has 2 saturated heterocycles. The van der Waals surface area contributed by atoms with Crippen molar-refractivity contribution in [3.63, 3.8) is 0 Å². The Kier molecular flexibility index (Phi) is 6.57. The highest BCUT2D eigenvalue weighted by atomic mass is 16.5. The van der Waals surface area contributed by atoms with Gasteiger partial charge in [0.1, 0.15) is 17.8 Å². The van der Waals surface area contributed by atoms with E-state index in [-0.39, 0.29) is 29.8 Å². The first kappa shape index (κ1) is 20.6. The van der Waals surface area contributed by atoms with Gasteiger partial charge in [-0.2, -0.15) is 0 Å². The molecule has 7 nitrogen and oxygen atoms in total. The van der Waals surface area contributed by atoms with Crippen molar-refractivity contribution in [1.29, 1.82) is 0 Å². The van der Waals surface area contributed by atoms with Gasteiger partial charge in [-0.3, -0.25) is 19.4 Å². The molecule has 7 heteroatoms. The van der Waals surface area contributed by atoms with Gasteiger partial charge in [-0.05, 0) is 45.7 Å². The van der Waals surface area contributed by atoms with Crippen molar-refractivity contribution in [3.8, 4) is 5.75 Å². The van der Waals surface area contributed by atoms with Crippen LogP contribution in [0, 0.1) is 6.92 Å². The zero-order chi connectivity index (χ0) is 20.3. The summed E-state index contributed by atoms with van der Waals surface area (Å²) in [5.74, 6) is -0.192. The molecular weight excluding hydrogens is 360 g/mol. The molecule has 0 radical (unpaired) electrons. The van der Waals surface area contributed by atoms with E-state index in [1.807, 2.05) is 19.1 Å². The van der Waals surface area contributed by atoms with Crippen LogP contribution in [0.4, 0.5) is 0 Å². The Morgan fingerprint density at radius 1 is 0.964 bits per heavy atom. The number of methoxy groups -OCH3 is 2. The quantitative estimate of drug-likeness (QED) is 0.744. The van der Waals surface area contributed by atoms with Crippen LogP contribution in [0.2, 0.25) is 0 Å². The number of likely N-dealkylation sites (tertiary alicyclic amines) is 2. The molecule has 3 rings (SSSR count). The number of nitrogens with zero attached hydrogens (tertiary/aromatic N) is 2. The van der Waals surface area contributed by atoms with E-state index in [1.165, 1.54) is 14.2 Å². The van der Waals surface area contributed by atoms with Gasteiger partial charge >= 0.3 is 11.9 Å². The molecule has 1 aromatic rings. The van der Waals surface area contributed by atoms with E-state index in [1.54, 1.807) is 0 Å². The lowest BCUT2D eigenvalue weighted by Crippen LogP contribution is -2.37. The van der Waals surface area contributed by atoms with Gasteiger partial charge < -0.3 is 14.6 Å². The van der Waals surface area contributed by atoms with Crippen molar-refractivity contribution in [2.45, 2.75) is 57.8 Å². The molecule has 2 fully saturated rings. The van der Waals surface area contributed by atoms with Crippen LogP contribution in [-0.4, -0.2) is 66.2 Å². The Morgan fingerprint density at radius 2 is 1.39 bits per heavy atom. The number of phenols is 1. The lowest BCUT2D eigenvalue weighted by Gasteiger charge is -2.25. The fraction of sp³-hybridized carbons (Fsp3) is 0.619. The number of aryl methyl sites for hydroxylation is 1. The zero-order valence-electron chi connectivity index (χ0n) is 16.9. The first-order chi connectivity index (χ1) is 13.4. The number of aromatic hydroxyl groups is 1. The summed E-state index contributed by atoms with van der Waals surface area (Å²) in [5.41, 5.74) is 2.66. The molecule has 0 spiro atoms. The summed E-state index contributed by atoms with van der Waals surface area (Å²) in [6.07, 6.45) is 3.43. The predicted octanol–water partition coefficient (Wildman–Crippen LogP) is 1.98. The van der Waals surface area contributed by atoms with E-state index in [9.17, 15) is 14.7 Å². The van der Waals surface area contributed by atoms with Gasteiger partial charge in [-0.25, -0.2) is 0 Å². The van der Waals surface area contributed by atoms with Crippen LogP contribution in [0.15, 0.2) is 12.1 Å². The third kappa shape index (κ3) is 4.31. The third-order valence-electron chi connectivity index (χ3n) is 5.83. The SMILES string of the molecule is COC(=O)C1CCCN1Cc1cc(C)cc(CN2CCCC2C(=O)OC)c1O. The van der Waals surface area contributed by atoms with Gasteiger partial charge in [0, 0.05) is 24.2 Å². The summed E-state index contributed by atoms with van der Waals surface area (Å²) >= 11 is 0. The third-order valence-corrected chi connectivity index (χ3v) is 5.83. The second-order valence-corrected chi connectivity index (χ2v) is 7.74. The molecule has 2 aliphatic rings. The number of esters is 2. The summed E-state index contributed by atoms with van der Waals surface area (Å²) in [7, 11) is 2.82. The minimum Gasteiger partial charge on any atom is -0.507 e. The molecule has 0 saturated carbocycles. The maximum atomic E-state index is 12.0. The van der Waals surface area contributed by atoms with Crippen molar-refractivity contribution < 1.29 is 24.2 Å². The highest BCUT2D eigenvalue weighted by Gasteiger charge is 2.34. The van der Waals surface area contributed by atoms with Crippen molar-refractivity contribution in [3.05, 3.63) is 28.8 Å². The minimum absolute atomic E-state index is 0.220. The lowest BCUT2D eigenvalue weighted by atomic mass is 10.0. The van der Waals surface area contributed by atoms with E-state index in [0.29, 0.717) is 13.1 Å². The molecular formula is C21H30N2O5. The van der Waals surface area contributed by atoms with E-state index >= 15 is 0 Å². The average Bonchev–Trinajstić information content (AvgIpc) is 3.33. The molecule has 1 N–H and O–H groups in total. The van der Waals surface area contributed by atoms with Crippen LogP contribution >= 0.6 is 0 Å². The number of carbonyl (C=O) groups is 2. The number of rotatable bonds is 6. The monoisotopic (exact) mass is 390 g/mol. The highest BCUT2D eigenvalue weighted by molar-refractivity contribution is 5.76. The lowest BCUT2D eigenvalue weighted by molar-refractivity contribution is -0.146. The van der Waals surface area contributed by atoms with Gasteiger partial charge in [0.25, 0.3) is 0 Å². The molecule has 2 atom stereocenters. The van der Waals surface area contributed by atoms with Crippen LogP contribution in [-0.2, 0) is 32.2 Å². The van der Waals surface area contributed by atoms with Crippen LogP contribution in [0.5, 0.6) is 5.75 Å². The smallest absolute Gasteiger partial charge is 0.323 e. The standard InChI is InChI=1S/C21H30N2O5/c1-14-10-15(12-22-8-4-6-17(22)20(25)27-2)19(24)16(11-14)13-23-9-5-7-18(23)21(26)28-3/h10-11,17-18,24H,4-9,12-13H2,1-3H3. The number of hydrogen-bond acceptors (Lipinski definition) is 7. The van der Waals surface area contributed by atoms with Crippen LogP contribution in [0.1, 0.15) is 42.4 Å². The average molecular weight is 390 g/mol. The van der Waals surface area contributed by atoms with Crippen molar-refractivity contribution in [2.24, 2.45) is 0 Å². The number of carbonyl (C=O) groups excluding carboxylic acids is 2. The van der Waals surface area contributed by atoms with E-state index in [2.05, 4.69) is 9.80 Å². The Labute approximate surface area is 166 Å². The van der Waals surface area contributed by atoms with Crippen LogP contribution in [0.25, 0.3) is 0 Å². The summed E-state index contributed by atoms with van der Waals surface area (Å²) < 4.78 is 9.84. The van der Waals surface area contributed by atoms with Gasteiger partial charge in [0.15, 0.2) is 0 Å². The molecule has 154 valence electrons. The maximum Gasteiger partial charge on any atom is 0.323 e. The van der Waals surface area contributed by atoms with Crippen LogP contribution in [0.3, 0.4) is 0 Å². The number of ether oxygens (including phenoxy) is 2. The van der Waals surface area contributed by atoms with E-state index in [0.717, 1.165) is 55.5 Å². The van der Waals surface area contributed by atoms with E-state index < -0.39 is 0 Å². The number of hydrogen-bond donors (Lipinski definition) is 1. The summed E-state index contributed by atoms with van der Waals surface area (Å²) in [6.45, 7) is 4.61. The van der Waals surface area contributed by atoms with E-state index in [4.69, 9.17) is 9.47 Å². The van der Waals surface area contributed by atoms with Crippen LogP contribution < -0.4 is 0 Å². The second-order valence-electron chi connectivity index (χ2n) is 7.74. The molecule has 2 unspecified atom stereocenters. The van der Waals surface area contributed by atoms with Gasteiger partial charge in [0.2, 0.25) is 0 Å². The predicted molar refractivity (Wildman–Crippen MR) is 104 cm³/mol. The van der Waals surface area contributed by atoms with Gasteiger partial charge in [0.05, 0.1) is 14.2 Å². The summed E-state index contributed by atoms with van der Waals surface area (Å²) in [4.78, 5) is 28.2. The first-order valence-electron chi connectivity index (χ1n) is 9.89. The van der Waals surface area contributed by atoms with Gasteiger partial charge in [-0.1, -0.05) is 17.7 Å². The summed E-state index contributed by atoms with van der Waals surface area (Å²) in [5, 5.41) is 10.9. The Bertz CT molecular complexity index is 679. The molecule has 1 aromatic carbocycles. The Morgan fingerprint density at radius 3 is 1.79 bits per heavy atom. The largest absolute Gasteiger partial charge is 0.507 e. The van der Waals surface area contributed by atoms with Crippen molar-refractivity contribution in [1.82, 2.24) is 9.80 Å². The van der Waals surface area contributed by atoms with Gasteiger partial charge in [-0.15, -0.1) is 0 Å². The molecule has 0 bridgehead atoms. The molecule has 28 heavy (non-hydrogen) atoms. The summed E-state index contributed by atoms with van der Waals surface area (Å²) in [6, 6.07) is 3.42. The molecule has 2 heterocycles. The highest BCUT2D eigenvalue weighted by Crippen LogP contribution is 2.31. The molecule has 2 aliphatic heterocycles. The topological polar surface area (TPSA) is 79.3 Å². The maximum absolute atomic E-state index is 12.0. The Hall–Kier alpha value is -2.12. The fourth-order valence-corrected chi connectivity index (χ4v) is 4.45. The fourth-order valence-electron chi connectivity index (χ4n) is 4.45. The Balaban J connectivity index is 1.78. The first-order valence-corrected chi connectivity index (χ1v) is 9.89. The minimum atomic E-state index is -0.254. The second kappa shape index (κ2) is 8.92. The molecule has 0 amide bonds. The van der Waals surface area contributed by atoms with Crippen molar-refractivity contribution >= 4 is 11.9 Å². The number of benzene rings is 1. The van der Waals surface area contributed by atoms with Crippen molar-refractivity contribution in [2.75, 3.05) is 27.3 Å². The number of phenolic OH excluding ortho intramolecular Hbond substituents is 1. The normalized spacial score (nSPS) is 23.1. The zero-order valence-corrected chi connectivity index (χ0v) is 16.9.